The summed E-state index contributed by atoms with van der Waals surface area (Å²) in [6.45, 7) is 0.282. The fourth-order valence-corrected chi connectivity index (χ4v) is 3.95. The van der Waals surface area contributed by atoms with Gasteiger partial charge in [0.05, 0.1) is 38.3 Å². The van der Waals surface area contributed by atoms with Gasteiger partial charge < -0.3 is 19.4 Å². The van der Waals surface area contributed by atoms with Gasteiger partial charge in [0, 0.05) is 37.5 Å². The molecule has 0 spiro atoms. The molecule has 0 radical (unpaired) electrons. The van der Waals surface area contributed by atoms with Crippen molar-refractivity contribution in [3.05, 3.63) is 47.6 Å². The van der Waals surface area contributed by atoms with Gasteiger partial charge in [0.15, 0.2) is 16.7 Å². The number of aryl methyl sites for hydroxylation is 1. The number of furan rings is 1. The number of amides is 1. The summed E-state index contributed by atoms with van der Waals surface area (Å²) in [6, 6.07) is 2.27. The van der Waals surface area contributed by atoms with Crippen LogP contribution >= 0.6 is 11.3 Å². The Balaban J connectivity index is 1.32. The first kappa shape index (κ1) is 23.0. The van der Waals surface area contributed by atoms with Crippen molar-refractivity contribution in [3.8, 4) is 0 Å². The van der Waals surface area contributed by atoms with E-state index in [4.69, 9.17) is 9.15 Å². The lowest BCUT2D eigenvalue weighted by Gasteiger charge is -2.37. The summed E-state index contributed by atoms with van der Waals surface area (Å²) >= 11 is 1.43. The number of hydrogen-bond donors (Lipinski definition) is 1. The molecule has 1 amide bonds. The zero-order valence-electron chi connectivity index (χ0n) is 17.5. The van der Waals surface area contributed by atoms with Gasteiger partial charge in [-0.15, -0.1) is 16.4 Å². The number of ketones is 1. The van der Waals surface area contributed by atoms with Gasteiger partial charge in [0.25, 0.3) is 5.91 Å². The SMILES string of the molecule is O=C(CC1COCCN1C(=O)C(F)(F)CCn1cc(CNc2nccs2)nn1)c1ccco1. The van der Waals surface area contributed by atoms with Crippen LogP contribution < -0.4 is 5.32 Å². The van der Waals surface area contributed by atoms with E-state index >= 15 is 0 Å². The zero-order valence-corrected chi connectivity index (χ0v) is 18.3. The van der Waals surface area contributed by atoms with Gasteiger partial charge in [0.1, 0.15) is 5.69 Å². The number of carbonyl (C=O) groups is 2. The summed E-state index contributed by atoms with van der Waals surface area (Å²) in [4.78, 5) is 30.1. The zero-order chi connectivity index (χ0) is 23.3. The van der Waals surface area contributed by atoms with Crippen LogP contribution in [-0.4, -0.2) is 68.3 Å². The van der Waals surface area contributed by atoms with Crippen LogP contribution in [0.3, 0.4) is 0 Å². The lowest BCUT2D eigenvalue weighted by molar-refractivity contribution is -0.167. The molecule has 0 saturated carbocycles. The van der Waals surface area contributed by atoms with E-state index in [0.29, 0.717) is 17.4 Å². The lowest BCUT2D eigenvalue weighted by atomic mass is 10.0. The van der Waals surface area contributed by atoms with Crippen LogP contribution in [-0.2, 0) is 22.6 Å². The molecule has 4 heterocycles. The molecule has 1 fully saturated rings. The highest BCUT2D eigenvalue weighted by Gasteiger charge is 2.45. The minimum atomic E-state index is -3.63. The molecular weight excluding hydrogens is 458 g/mol. The monoisotopic (exact) mass is 480 g/mol. The largest absolute Gasteiger partial charge is 0.461 e. The summed E-state index contributed by atoms with van der Waals surface area (Å²) in [6.07, 6.45) is 3.65. The number of carbonyl (C=O) groups excluding carboxylic acids is 2. The number of nitrogens with one attached hydrogen (secondary N) is 1. The molecule has 0 bridgehead atoms. The number of morpholine rings is 1. The van der Waals surface area contributed by atoms with Gasteiger partial charge in [-0.3, -0.25) is 14.3 Å². The summed E-state index contributed by atoms with van der Waals surface area (Å²) in [5.74, 6) is -5.22. The van der Waals surface area contributed by atoms with E-state index in [1.54, 1.807) is 18.5 Å². The topological polar surface area (TPSA) is 115 Å². The first-order chi connectivity index (χ1) is 15.9. The molecule has 1 aliphatic rings. The summed E-state index contributed by atoms with van der Waals surface area (Å²) < 4.78 is 41.3. The second-order valence-electron chi connectivity index (χ2n) is 7.45. The molecular formula is C20H22F2N6O4S. The van der Waals surface area contributed by atoms with E-state index < -0.39 is 24.3 Å². The standard InChI is InChI=1S/C20H22F2N6O4S/c21-20(22,3-5-27-12-14(25-26-27)11-24-19-23-4-9-33-19)18(30)28-6-8-31-13-15(28)10-16(29)17-2-1-7-32-17/h1-2,4,7,9,12,15H,3,5-6,8,10-11,13H2,(H,23,24). The highest BCUT2D eigenvalue weighted by Crippen LogP contribution is 2.26. The number of thiazole rings is 1. The Morgan fingerprint density at radius 2 is 2.24 bits per heavy atom. The summed E-state index contributed by atoms with van der Waals surface area (Å²) in [5, 5.41) is 13.4. The minimum Gasteiger partial charge on any atom is -0.461 e. The Bertz CT molecular complexity index is 1060. The van der Waals surface area contributed by atoms with Crippen molar-refractivity contribution in [1.82, 2.24) is 24.9 Å². The number of anilines is 1. The van der Waals surface area contributed by atoms with Crippen LogP contribution in [0.1, 0.15) is 29.1 Å². The molecule has 1 N–H and O–H groups in total. The van der Waals surface area contributed by atoms with E-state index in [2.05, 4.69) is 20.6 Å². The molecule has 0 aromatic carbocycles. The van der Waals surface area contributed by atoms with Crippen LogP contribution in [0.2, 0.25) is 0 Å². The van der Waals surface area contributed by atoms with Crippen LogP contribution in [0.4, 0.5) is 13.9 Å². The van der Waals surface area contributed by atoms with E-state index in [0.717, 1.165) is 4.90 Å². The number of rotatable bonds is 10. The highest BCUT2D eigenvalue weighted by atomic mass is 32.1. The maximum atomic E-state index is 14.8. The molecule has 1 aliphatic heterocycles. The van der Waals surface area contributed by atoms with Gasteiger partial charge in [-0.1, -0.05) is 5.21 Å². The molecule has 1 unspecified atom stereocenters. The van der Waals surface area contributed by atoms with Crippen LogP contribution in [0, 0.1) is 0 Å². The lowest BCUT2D eigenvalue weighted by Crippen LogP contribution is -2.55. The first-order valence-corrected chi connectivity index (χ1v) is 11.2. The number of alkyl halides is 2. The third-order valence-electron chi connectivity index (χ3n) is 5.11. The van der Waals surface area contributed by atoms with Gasteiger partial charge in [-0.25, -0.2) is 4.98 Å². The predicted molar refractivity (Wildman–Crippen MR) is 113 cm³/mol. The van der Waals surface area contributed by atoms with Crippen LogP contribution in [0.15, 0.2) is 40.6 Å². The maximum Gasteiger partial charge on any atom is 0.326 e. The number of halogens is 2. The average Bonchev–Trinajstić information content (AvgIpc) is 3.59. The Morgan fingerprint density at radius 1 is 1.36 bits per heavy atom. The van der Waals surface area contributed by atoms with Gasteiger partial charge in [-0.05, 0) is 12.1 Å². The third-order valence-corrected chi connectivity index (χ3v) is 5.84. The van der Waals surface area contributed by atoms with Crippen molar-refractivity contribution < 1.29 is 27.5 Å². The Hall–Kier alpha value is -3.19. The van der Waals surface area contributed by atoms with E-state index in [1.165, 1.54) is 28.3 Å². The molecule has 4 rings (SSSR count). The Labute approximate surface area is 191 Å². The molecule has 1 atom stereocenters. The van der Waals surface area contributed by atoms with Gasteiger partial charge in [0.2, 0.25) is 0 Å². The highest BCUT2D eigenvalue weighted by molar-refractivity contribution is 7.13. The number of aromatic nitrogens is 4. The van der Waals surface area contributed by atoms with Crippen molar-refractivity contribution in [3.63, 3.8) is 0 Å². The molecule has 176 valence electrons. The van der Waals surface area contributed by atoms with Gasteiger partial charge >= 0.3 is 5.92 Å². The second-order valence-corrected chi connectivity index (χ2v) is 8.34. The average molecular weight is 480 g/mol. The van der Waals surface area contributed by atoms with Crippen molar-refractivity contribution in [2.45, 2.75) is 37.9 Å². The molecule has 33 heavy (non-hydrogen) atoms. The van der Waals surface area contributed by atoms with E-state index in [1.807, 2.05) is 5.38 Å². The van der Waals surface area contributed by atoms with Crippen molar-refractivity contribution in [1.29, 1.82) is 0 Å². The van der Waals surface area contributed by atoms with Crippen molar-refractivity contribution in [2.75, 3.05) is 25.1 Å². The number of hydrogen-bond acceptors (Lipinski definition) is 9. The molecule has 13 heteroatoms. The fraction of sp³-hybridized carbons (Fsp3) is 0.450. The third kappa shape index (κ3) is 5.79. The molecule has 0 aliphatic carbocycles. The fourth-order valence-electron chi connectivity index (χ4n) is 3.42. The molecule has 1 saturated heterocycles. The van der Waals surface area contributed by atoms with Crippen LogP contribution in [0.25, 0.3) is 0 Å². The smallest absolute Gasteiger partial charge is 0.326 e. The van der Waals surface area contributed by atoms with E-state index in [9.17, 15) is 18.4 Å². The first-order valence-electron chi connectivity index (χ1n) is 10.3. The summed E-state index contributed by atoms with van der Waals surface area (Å²) in [5.41, 5.74) is 0.560. The quantitative estimate of drug-likeness (QED) is 0.440. The Kier molecular flexibility index (Phi) is 7.08. The van der Waals surface area contributed by atoms with Gasteiger partial charge in [-0.2, -0.15) is 8.78 Å². The normalized spacial score (nSPS) is 16.7. The Morgan fingerprint density at radius 3 is 3.00 bits per heavy atom. The number of nitrogens with zero attached hydrogens (tertiary/aromatic N) is 5. The molecule has 10 nitrogen and oxygen atoms in total. The minimum absolute atomic E-state index is 0.00675. The second kappa shape index (κ2) is 10.2. The van der Waals surface area contributed by atoms with E-state index in [-0.39, 0.29) is 44.3 Å². The van der Waals surface area contributed by atoms with Crippen molar-refractivity contribution in [2.24, 2.45) is 0 Å². The number of ether oxygens (including phenoxy) is 1. The van der Waals surface area contributed by atoms with Crippen molar-refractivity contribution >= 4 is 28.2 Å². The number of Topliss-reactive ketones (excluding diaryl/α,β-unsaturated/α-hetero) is 1. The molecule has 3 aromatic rings. The maximum absolute atomic E-state index is 14.8. The summed E-state index contributed by atoms with van der Waals surface area (Å²) in [7, 11) is 0. The van der Waals surface area contributed by atoms with Crippen LogP contribution in [0.5, 0.6) is 0 Å². The predicted octanol–water partition coefficient (Wildman–Crippen LogP) is 2.47. The molecule has 3 aromatic heterocycles.